The van der Waals surface area contributed by atoms with Crippen molar-refractivity contribution in [3.63, 3.8) is 0 Å². The summed E-state index contributed by atoms with van der Waals surface area (Å²) < 4.78 is 0. The predicted octanol–water partition coefficient (Wildman–Crippen LogP) is 2.46. The monoisotopic (exact) mass is 155 g/mol. The smallest absolute Gasteiger partial charge is 0.0682 e. The highest BCUT2D eigenvalue weighted by molar-refractivity contribution is 8.14. The molecule has 0 atom stereocenters. The first kappa shape index (κ1) is 6.71. The summed E-state index contributed by atoms with van der Waals surface area (Å²) in [6, 6.07) is 0. The molecule has 1 aliphatic carbocycles. The Bertz CT molecular complexity index is 162. The van der Waals surface area contributed by atoms with Gasteiger partial charge in [-0.2, -0.15) is 0 Å². The van der Waals surface area contributed by atoms with Crippen LogP contribution in [0.15, 0.2) is 4.99 Å². The van der Waals surface area contributed by atoms with E-state index in [1.165, 1.54) is 36.5 Å². The maximum Gasteiger partial charge on any atom is 0.0682 e. The standard InChI is InChI=1S/C8H13NS/c1-8(4-5-8)9-7-3-2-6-10-7/h2-6H2,1H3. The maximum absolute atomic E-state index is 4.70. The number of rotatable bonds is 1. The van der Waals surface area contributed by atoms with Crippen LogP contribution in [0.2, 0.25) is 0 Å². The summed E-state index contributed by atoms with van der Waals surface area (Å²) >= 11 is 1.96. The molecule has 0 unspecified atom stereocenters. The highest BCUT2D eigenvalue weighted by Gasteiger charge is 2.37. The summed E-state index contributed by atoms with van der Waals surface area (Å²) in [5.41, 5.74) is 0.382. The van der Waals surface area contributed by atoms with Crippen molar-refractivity contribution in [2.24, 2.45) is 4.99 Å². The molecule has 2 rings (SSSR count). The Morgan fingerprint density at radius 2 is 2.30 bits per heavy atom. The van der Waals surface area contributed by atoms with Crippen LogP contribution in [0, 0.1) is 0 Å². The normalized spacial score (nSPS) is 33.1. The molecule has 0 aromatic carbocycles. The molecule has 10 heavy (non-hydrogen) atoms. The second kappa shape index (κ2) is 2.26. The van der Waals surface area contributed by atoms with Gasteiger partial charge < -0.3 is 0 Å². The van der Waals surface area contributed by atoms with Crippen molar-refractivity contribution in [1.29, 1.82) is 0 Å². The van der Waals surface area contributed by atoms with Gasteiger partial charge in [-0.1, -0.05) is 0 Å². The molecule has 1 saturated carbocycles. The van der Waals surface area contributed by atoms with Crippen LogP contribution in [0.3, 0.4) is 0 Å². The first-order chi connectivity index (χ1) is 4.79. The third-order valence-electron chi connectivity index (χ3n) is 2.17. The quantitative estimate of drug-likeness (QED) is 0.566. The highest BCUT2D eigenvalue weighted by atomic mass is 32.2. The first-order valence-electron chi connectivity index (χ1n) is 4.00. The Morgan fingerprint density at radius 3 is 2.80 bits per heavy atom. The second-order valence-electron chi connectivity index (χ2n) is 3.45. The average Bonchev–Trinajstić information content (AvgIpc) is 2.47. The van der Waals surface area contributed by atoms with Crippen molar-refractivity contribution < 1.29 is 0 Å². The van der Waals surface area contributed by atoms with Gasteiger partial charge in [0.15, 0.2) is 0 Å². The van der Waals surface area contributed by atoms with Crippen LogP contribution in [-0.4, -0.2) is 16.3 Å². The van der Waals surface area contributed by atoms with Crippen LogP contribution in [0.4, 0.5) is 0 Å². The molecule has 0 aromatic heterocycles. The molecule has 0 amide bonds. The van der Waals surface area contributed by atoms with Crippen molar-refractivity contribution in [2.45, 2.75) is 38.1 Å². The zero-order valence-electron chi connectivity index (χ0n) is 6.39. The van der Waals surface area contributed by atoms with Gasteiger partial charge in [0, 0.05) is 0 Å². The zero-order chi connectivity index (χ0) is 7.03. The summed E-state index contributed by atoms with van der Waals surface area (Å²) in [6.07, 6.45) is 5.23. The van der Waals surface area contributed by atoms with Gasteiger partial charge in [0.05, 0.1) is 10.6 Å². The lowest BCUT2D eigenvalue weighted by Crippen LogP contribution is -1.99. The van der Waals surface area contributed by atoms with Gasteiger partial charge in [0.2, 0.25) is 0 Å². The van der Waals surface area contributed by atoms with Crippen LogP contribution >= 0.6 is 11.8 Å². The molecule has 0 spiro atoms. The molecule has 2 aliphatic rings. The number of nitrogens with zero attached hydrogens (tertiary/aromatic N) is 1. The minimum atomic E-state index is 0.382. The van der Waals surface area contributed by atoms with Gasteiger partial charge in [-0.25, -0.2) is 0 Å². The van der Waals surface area contributed by atoms with E-state index in [1.54, 1.807) is 0 Å². The van der Waals surface area contributed by atoms with E-state index in [4.69, 9.17) is 4.99 Å². The number of hydrogen-bond acceptors (Lipinski definition) is 2. The van der Waals surface area contributed by atoms with Crippen LogP contribution in [-0.2, 0) is 0 Å². The minimum absolute atomic E-state index is 0.382. The number of hydrogen-bond donors (Lipinski definition) is 0. The predicted molar refractivity (Wildman–Crippen MR) is 46.8 cm³/mol. The largest absolute Gasteiger partial charge is 0.277 e. The molecular weight excluding hydrogens is 142 g/mol. The van der Waals surface area contributed by atoms with Gasteiger partial charge in [0.25, 0.3) is 0 Å². The van der Waals surface area contributed by atoms with E-state index in [0.717, 1.165) is 0 Å². The molecule has 2 heteroatoms. The van der Waals surface area contributed by atoms with Gasteiger partial charge in [-0.15, -0.1) is 11.8 Å². The Labute approximate surface area is 66.3 Å². The zero-order valence-corrected chi connectivity index (χ0v) is 7.21. The maximum atomic E-state index is 4.70. The Kier molecular flexibility index (Phi) is 1.52. The molecule has 56 valence electrons. The van der Waals surface area contributed by atoms with E-state index in [9.17, 15) is 0 Å². The van der Waals surface area contributed by atoms with Crippen LogP contribution < -0.4 is 0 Å². The summed E-state index contributed by atoms with van der Waals surface area (Å²) in [6.45, 7) is 2.26. The number of thioether (sulfide) groups is 1. The van der Waals surface area contributed by atoms with Crippen molar-refractivity contribution in [3.8, 4) is 0 Å². The summed E-state index contributed by atoms with van der Waals surface area (Å²) in [7, 11) is 0. The highest BCUT2D eigenvalue weighted by Crippen LogP contribution is 2.40. The molecule has 1 aliphatic heterocycles. The van der Waals surface area contributed by atoms with E-state index >= 15 is 0 Å². The van der Waals surface area contributed by atoms with E-state index in [2.05, 4.69) is 6.92 Å². The molecule has 2 fully saturated rings. The van der Waals surface area contributed by atoms with Gasteiger partial charge >= 0.3 is 0 Å². The molecule has 0 N–H and O–H groups in total. The topological polar surface area (TPSA) is 12.4 Å². The fourth-order valence-corrected chi connectivity index (χ4v) is 2.27. The van der Waals surface area contributed by atoms with Crippen molar-refractivity contribution in [2.75, 3.05) is 5.75 Å². The Hall–Kier alpha value is 0.0200. The summed E-state index contributed by atoms with van der Waals surface area (Å²) in [4.78, 5) is 4.70. The van der Waals surface area contributed by atoms with Gasteiger partial charge in [-0.3, -0.25) is 4.99 Å². The molecule has 0 radical (unpaired) electrons. The fourth-order valence-electron chi connectivity index (χ4n) is 1.17. The Balaban J connectivity index is 2.01. The molecule has 1 saturated heterocycles. The SMILES string of the molecule is CC1(N=C2CCCS2)CC1. The Morgan fingerprint density at radius 1 is 1.50 bits per heavy atom. The lowest BCUT2D eigenvalue weighted by atomic mass is 10.3. The molecular formula is C8H13NS. The number of aliphatic imine (C=N–C) groups is 1. The van der Waals surface area contributed by atoms with Crippen LogP contribution in [0.25, 0.3) is 0 Å². The third kappa shape index (κ3) is 1.36. The van der Waals surface area contributed by atoms with Gasteiger partial charge in [-0.05, 0) is 38.4 Å². The van der Waals surface area contributed by atoms with E-state index in [-0.39, 0.29) is 0 Å². The molecule has 0 bridgehead atoms. The summed E-state index contributed by atoms with van der Waals surface area (Å²) in [5, 5.41) is 1.42. The minimum Gasteiger partial charge on any atom is -0.277 e. The lowest BCUT2D eigenvalue weighted by Gasteiger charge is -2.00. The molecule has 1 nitrogen and oxygen atoms in total. The third-order valence-corrected chi connectivity index (χ3v) is 3.29. The fraction of sp³-hybridized carbons (Fsp3) is 0.875. The van der Waals surface area contributed by atoms with E-state index in [0.29, 0.717) is 5.54 Å². The van der Waals surface area contributed by atoms with E-state index < -0.39 is 0 Å². The molecule has 0 aromatic rings. The lowest BCUT2D eigenvalue weighted by molar-refractivity contribution is 0.764. The van der Waals surface area contributed by atoms with Crippen LogP contribution in [0.1, 0.15) is 32.6 Å². The molecule has 1 heterocycles. The van der Waals surface area contributed by atoms with Crippen molar-refractivity contribution >= 4 is 16.8 Å². The second-order valence-corrected chi connectivity index (χ2v) is 4.62. The van der Waals surface area contributed by atoms with Crippen molar-refractivity contribution in [1.82, 2.24) is 0 Å². The van der Waals surface area contributed by atoms with Gasteiger partial charge in [0.1, 0.15) is 0 Å². The van der Waals surface area contributed by atoms with Crippen LogP contribution in [0.5, 0.6) is 0 Å². The van der Waals surface area contributed by atoms with E-state index in [1.807, 2.05) is 11.8 Å². The first-order valence-corrected chi connectivity index (χ1v) is 4.99. The van der Waals surface area contributed by atoms with Crippen molar-refractivity contribution in [3.05, 3.63) is 0 Å². The average molecular weight is 155 g/mol. The summed E-state index contributed by atoms with van der Waals surface area (Å²) in [5.74, 6) is 1.30.